The number of benzene rings is 1. The van der Waals surface area contributed by atoms with E-state index in [1.165, 1.54) is 36.0 Å². The van der Waals surface area contributed by atoms with Gasteiger partial charge in [0.15, 0.2) is 0 Å². The molecule has 1 amide bonds. The summed E-state index contributed by atoms with van der Waals surface area (Å²) in [6.45, 7) is 6.18. The maximum absolute atomic E-state index is 13.0. The summed E-state index contributed by atoms with van der Waals surface area (Å²) in [7, 11) is 0. The van der Waals surface area contributed by atoms with Crippen LogP contribution in [0.1, 0.15) is 47.2 Å². The van der Waals surface area contributed by atoms with Gasteiger partial charge in [-0.3, -0.25) is 4.79 Å². The highest BCUT2D eigenvalue weighted by molar-refractivity contribution is 7.98. The number of halogens is 1. The van der Waals surface area contributed by atoms with Gasteiger partial charge in [-0.15, -0.1) is 11.8 Å². The van der Waals surface area contributed by atoms with Gasteiger partial charge in [0.05, 0.1) is 11.3 Å². The fraction of sp³-hybridized carbons (Fsp3) is 0.273. The number of carbonyl (C=O) groups excluding carboxylic acids is 1. The lowest BCUT2D eigenvalue weighted by Gasteiger charge is -2.13. The molecule has 0 spiro atoms. The van der Waals surface area contributed by atoms with Crippen molar-refractivity contribution in [2.75, 3.05) is 6.26 Å². The molecular weight excluding hydrogens is 403 g/mol. The second-order valence-electron chi connectivity index (χ2n) is 6.95. The molecular formula is C22H23FN4O2S. The van der Waals surface area contributed by atoms with Crippen molar-refractivity contribution in [3.8, 4) is 11.6 Å². The zero-order chi connectivity index (χ0) is 21.7. The first kappa shape index (κ1) is 21.7. The molecule has 0 radical (unpaired) electrons. The molecule has 8 heteroatoms. The highest BCUT2D eigenvalue weighted by Crippen LogP contribution is 2.23. The van der Waals surface area contributed by atoms with Crippen molar-refractivity contribution in [1.82, 2.24) is 20.3 Å². The van der Waals surface area contributed by atoms with Crippen LogP contribution in [0.4, 0.5) is 4.39 Å². The van der Waals surface area contributed by atoms with Crippen molar-refractivity contribution >= 4 is 17.7 Å². The van der Waals surface area contributed by atoms with E-state index in [0.717, 1.165) is 11.4 Å². The molecule has 2 aromatic heterocycles. The number of ether oxygens (including phenoxy) is 1. The molecule has 0 saturated heterocycles. The van der Waals surface area contributed by atoms with Gasteiger partial charge >= 0.3 is 0 Å². The highest BCUT2D eigenvalue weighted by atomic mass is 32.2. The summed E-state index contributed by atoms with van der Waals surface area (Å²) < 4.78 is 18.5. The Morgan fingerprint density at radius 1 is 1.17 bits per heavy atom. The summed E-state index contributed by atoms with van der Waals surface area (Å²) in [5.74, 6) is 1.25. The van der Waals surface area contributed by atoms with Crippen molar-refractivity contribution < 1.29 is 13.9 Å². The molecule has 156 valence electrons. The Balaban J connectivity index is 1.65. The van der Waals surface area contributed by atoms with Gasteiger partial charge in [0.1, 0.15) is 22.4 Å². The smallest absolute Gasteiger partial charge is 0.256 e. The second-order valence-corrected chi connectivity index (χ2v) is 7.74. The number of rotatable bonds is 7. The summed E-state index contributed by atoms with van der Waals surface area (Å²) in [5, 5.41) is 3.57. The lowest BCUT2D eigenvalue weighted by molar-refractivity contribution is 0.0946. The van der Waals surface area contributed by atoms with Gasteiger partial charge in [-0.05, 0) is 43.0 Å². The number of thioether (sulfide) groups is 1. The fourth-order valence-corrected chi connectivity index (χ4v) is 3.33. The summed E-state index contributed by atoms with van der Waals surface area (Å²) in [5.41, 5.74) is 1.98. The molecule has 0 aliphatic heterocycles. The van der Waals surface area contributed by atoms with Gasteiger partial charge in [-0.25, -0.2) is 19.3 Å². The van der Waals surface area contributed by atoms with Gasteiger partial charge in [0.25, 0.3) is 5.91 Å². The molecule has 0 fully saturated rings. The summed E-state index contributed by atoms with van der Waals surface area (Å²) in [4.78, 5) is 26.0. The maximum Gasteiger partial charge on any atom is 0.256 e. The van der Waals surface area contributed by atoms with E-state index in [-0.39, 0.29) is 17.6 Å². The summed E-state index contributed by atoms with van der Waals surface area (Å²) >= 11 is 1.43. The van der Waals surface area contributed by atoms with Crippen LogP contribution < -0.4 is 10.1 Å². The Kier molecular flexibility index (Phi) is 6.99. The minimum atomic E-state index is -0.328. The van der Waals surface area contributed by atoms with E-state index in [4.69, 9.17) is 4.74 Å². The molecule has 0 aliphatic carbocycles. The number of carbonyl (C=O) groups is 1. The summed E-state index contributed by atoms with van der Waals surface area (Å²) in [6.07, 6.45) is 3.52. The van der Waals surface area contributed by atoms with E-state index >= 15 is 0 Å². The number of pyridine rings is 1. The second kappa shape index (κ2) is 9.67. The summed E-state index contributed by atoms with van der Waals surface area (Å²) in [6, 6.07) is 9.21. The molecule has 0 unspecified atom stereocenters. The Hall–Kier alpha value is -3.00. The van der Waals surface area contributed by atoms with E-state index in [2.05, 4.69) is 20.3 Å². The largest absolute Gasteiger partial charge is 0.439 e. The number of aryl methyl sites for hydroxylation is 1. The quantitative estimate of drug-likeness (QED) is 0.428. The number of nitrogens with zero attached hydrogens (tertiary/aromatic N) is 3. The van der Waals surface area contributed by atoms with E-state index in [0.29, 0.717) is 34.5 Å². The molecule has 3 rings (SSSR count). The highest BCUT2D eigenvalue weighted by Gasteiger charge is 2.19. The zero-order valence-corrected chi connectivity index (χ0v) is 18.1. The van der Waals surface area contributed by atoms with Crippen LogP contribution in [0, 0.1) is 12.7 Å². The van der Waals surface area contributed by atoms with E-state index < -0.39 is 0 Å². The van der Waals surface area contributed by atoms with Crippen LogP contribution in [-0.4, -0.2) is 27.1 Å². The lowest BCUT2D eigenvalue weighted by Crippen LogP contribution is -2.25. The number of aromatic nitrogens is 3. The molecule has 6 nitrogen and oxygen atoms in total. The van der Waals surface area contributed by atoms with Gasteiger partial charge in [0, 0.05) is 24.7 Å². The van der Waals surface area contributed by atoms with Crippen LogP contribution >= 0.6 is 11.8 Å². The predicted octanol–water partition coefficient (Wildman–Crippen LogP) is 4.89. The maximum atomic E-state index is 13.0. The molecule has 0 aliphatic rings. The van der Waals surface area contributed by atoms with Crippen LogP contribution in [0.15, 0.2) is 47.6 Å². The third-order valence-electron chi connectivity index (χ3n) is 4.30. The minimum absolute atomic E-state index is 0.188. The number of hydrogen-bond acceptors (Lipinski definition) is 6. The molecule has 30 heavy (non-hydrogen) atoms. The number of nitrogens with one attached hydrogen (secondary N) is 1. The predicted molar refractivity (Wildman–Crippen MR) is 115 cm³/mol. The number of amides is 1. The monoisotopic (exact) mass is 426 g/mol. The lowest BCUT2D eigenvalue weighted by atomic mass is 10.1. The van der Waals surface area contributed by atoms with Crippen molar-refractivity contribution in [1.29, 1.82) is 0 Å². The Morgan fingerprint density at radius 3 is 2.50 bits per heavy atom. The standard InChI is InChI=1S/C22H23FN4O2S/c1-13(2)20-26-14(3)19(22(27-20)30-4)21(28)25-12-15-5-10-18(24-11-15)29-17-8-6-16(23)7-9-17/h5-11,13H,12H2,1-4H3,(H,25,28). The van der Waals surface area contributed by atoms with Gasteiger partial charge in [-0.1, -0.05) is 19.9 Å². The molecule has 2 heterocycles. The average molecular weight is 427 g/mol. The normalized spacial score (nSPS) is 10.9. The van der Waals surface area contributed by atoms with Crippen LogP contribution in [-0.2, 0) is 6.54 Å². The van der Waals surface area contributed by atoms with Crippen LogP contribution in [0.2, 0.25) is 0 Å². The molecule has 1 N–H and O–H groups in total. The average Bonchev–Trinajstić information content (AvgIpc) is 2.74. The SMILES string of the molecule is CSc1nc(C(C)C)nc(C)c1C(=O)NCc1ccc(Oc2ccc(F)cc2)nc1. The first-order chi connectivity index (χ1) is 14.4. The Bertz CT molecular complexity index is 1020. The van der Waals surface area contributed by atoms with Crippen molar-refractivity contribution in [2.45, 2.75) is 38.3 Å². The molecule has 1 aromatic carbocycles. The minimum Gasteiger partial charge on any atom is -0.439 e. The van der Waals surface area contributed by atoms with Crippen molar-refractivity contribution in [3.63, 3.8) is 0 Å². The topological polar surface area (TPSA) is 77.0 Å². The third-order valence-corrected chi connectivity index (χ3v) is 4.98. The van der Waals surface area contributed by atoms with E-state index in [9.17, 15) is 9.18 Å². The first-order valence-electron chi connectivity index (χ1n) is 9.46. The zero-order valence-electron chi connectivity index (χ0n) is 17.3. The van der Waals surface area contributed by atoms with Crippen molar-refractivity contribution in [2.24, 2.45) is 0 Å². The number of hydrogen-bond donors (Lipinski definition) is 1. The molecule has 0 atom stereocenters. The first-order valence-corrected chi connectivity index (χ1v) is 10.7. The third kappa shape index (κ3) is 5.33. The Labute approximate surface area is 179 Å². The Morgan fingerprint density at radius 2 is 1.90 bits per heavy atom. The molecule has 0 bridgehead atoms. The van der Waals surface area contributed by atoms with Gasteiger partial charge < -0.3 is 10.1 Å². The van der Waals surface area contributed by atoms with E-state index in [1.54, 1.807) is 12.3 Å². The molecule has 3 aromatic rings. The van der Waals surface area contributed by atoms with Crippen LogP contribution in [0.5, 0.6) is 11.6 Å². The molecule has 0 saturated carbocycles. The van der Waals surface area contributed by atoms with Gasteiger partial charge in [0.2, 0.25) is 5.88 Å². The van der Waals surface area contributed by atoms with Crippen LogP contribution in [0.3, 0.4) is 0 Å². The van der Waals surface area contributed by atoms with Crippen molar-refractivity contribution in [3.05, 3.63) is 71.1 Å². The van der Waals surface area contributed by atoms with Crippen LogP contribution in [0.25, 0.3) is 0 Å². The van der Waals surface area contributed by atoms with Gasteiger partial charge in [-0.2, -0.15) is 0 Å². The van der Waals surface area contributed by atoms with E-state index in [1.807, 2.05) is 33.1 Å². The fourth-order valence-electron chi connectivity index (χ4n) is 2.70.